The molecule has 1 aliphatic rings. The van der Waals surface area contributed by atoms with Crippen LogP contribution in [0.2, 0.25) is 0 Å². The minimum absolute atomic E-state index is 0.101. The Morgan fingerprint density at radius 1 is 1.32 bits per heavy atom. The number of amides is 1. The molecule has 0 saturated carbocycles. The number of carbonyl (C=O) groups excluding carboxylic acids is 1. The van der Waals surface area contributed by atoms with E-state index in [0.29, 0.717) is 44.0 Å². The molecule has 1 amide bonds. The van der Waals surface area contributed by atoms with E-state index in [4.69, 9.17) is 5.73 Å². The number of hydrogen-bond donors (Lipinski definition) is 1. The van der Waals surface area contributed by atoms with Crippen LogP contribution in [0.4, 0.5) is 8.78 Å². The Bertz CT molecular complexity index is 759. The maximum absolute atomic E-state index is 14.0. The third-order valence-electron chi connectivity index (χ3n) is 4.51. The first-order valence-electron chi connectivity index (χ1n) is 8.12. The molecule has 0 bridgehead atoms. The highest BCUT2D eigenvalue weighted by atomic mass is 32.1. The summed E-state index contributed by atoms with van der Waals surface area (Å²) in [5.74, 6) is -1.22. The number of nitrogens with two attached hydrogens (primary N) is 1. The number of halogens is 2. The number of thiazole rings is 1. The van der Waals surface area contributed by atoms with Crippen LogP contribution < -0.4 is 5.73 Å². The molecule has 1 aromatic carbocycles. The second-order valence-electron chi connectivity index (χ2n) is 6.00. The number of benzene rings is 1. The maximum atomic E-state index is 14.0. The minimum atomic E-state index is -0.580. The first kappa shape index (κ1) is 17.9. The lowest BCUT2D eigenvalue weighted by Crippen LogP contribution is -2.49. The summed E-state index contributed by atoms with van der Waals surface area (Å²) in [6, 6.07) is 3.48. The highest BCUT2D eigenvalue weighted by Crippen LogP contribution is 2.25. The van der Waals surface area contributed by atoms with E-state index in [1.165, 1.54) is 23.5 Å². The van der Waals surface area contributed by atoms with E-state index in [-0.39, 0.29) is 11.9 Å². The van der Waals surface area contributed by atoms with Gasteiger partial charge in [-0.2, -0.15) is 0 Å². The Morgan fingerprint density at radius 3 is 2.64 bits per heavy atom. The molecule has 25 heavy (non-hydrogen) atoms. The molecular weight excluding hydrogens is 346 g/mol. The van der Waals surface area contributed by atoms with Crippen LogP contribution >= 0.6 is 11.3 Å². The number of aromatic nitrogens is 1. The van der Waals surface area contributed by atoms with E-state index >= 15 is 0 Å². The number of piperazine rings is 1. The fourth-order valence-corrected chi connectivity index (χ4v) is 3.66. The van der Waals surface area contributed by atoms with Crippen LogP contribution in [0.1, 0.15) is 34.0 Å². The molecule has 5 nitrogen and oxygen atoms in total. The van der Waals surface area contributed by atoms with Gasteiger partial charge in [-0.05, 0) is 13.0 Å². The monoisotopic (exact) mass is 366 g/mol. The Labute approximate surface area is 149 Å². The van der Waals surface area contributed by atoms with Crippen LogP contribution in [0.5, 0.6) is 0 Å². The highest BCUT2D eigenvalue weighted by Gasteiger charge is 2.27. The number of hydrogen-bond acceptors (Lipinski definition) is 5. The van der Waals surface area contributed by atoms with Gasteiger partial charge >= 0.3 is 0 Å². The molecule has 8 heteroatoms. The summed E-state index contributed by atoms with van der Waals surface area (Å²) in [7, 11) is 0. The van der Waals surface area contributed by atoms with Crippen LogP contribution in [0.25, 0.3) is 0 Å². The molecule has 0 radical (unpaired) electrons. The molecule has 1 fully saturated rings. The smallest absolute Gasteiger partial charge is 0.273 e. The van der Waals surface area contributed by atoms with Crippen LogP contribution in [0.3, 0.4) is 0 Å². The molecule has 1 atom stereocenters. The molecule has 134 valence electrons. The fourth-order valence-electron chi connectivity index (χ4n) is 3.01. The topological polar surface area (TPSA) is 62.5 Å². The molecule has 2 N–H and O–H groups in total. The summed E-state index contributed by atoms with van der Waals surface area (Å²) in [6.45, 7) is 4.55. The van der Waals surface area contributed by atoms with E-state index in [0.717, 1.165) is 11.1 Å². The Morgan fingerprint density at radius 2 is 2.04 bits per heavy atom. The van der Waals surface area contributed by atoms with Crippen LogP contribution in [-0.2, 0) is 6.54 Å². The van der Waals surface area contributed by atoms with Gasteiger partial charge in [0.1, 0.15) is 22.3 Å². The van der Waals surface area contributed by atoms with Crippen molar-refractivity contribution in [2.24, 2.45) is 5.73 Å². The predicted molar refractivity (Wildman–Crippen MR) is 92.3 cm³/mol. The third-order valence-corrected chi connectivity index (χ3v) is 5.38. The number of rotatable bonds is 4. The molecule has 2 aromatic rings. The lowest BCUT2D eigenvalue weighted by atomic mass is 10.1. The van der Waals surface area contributed by atoms with Gasteiger partial charge in [-0.25, -0.2) is 13.8 Å². The molecule has 3 rings (SSSR count). The summed E-state index contributed by atoms with van der Waals surface area (Å²) in [4.78, 5) is 20.5. The van der Waals surface area contributed by atoms with Gasteiger partial charge in [0.2, 0.25) is 0 Å². The summed E-state index contributed by atoms with van der Waals surface area (Å²) < 4.78 is 27.0. The quantitative estimate of drug-likeness (QED) is 0.903. The fraction of sp³-hybridized carbons (Fsp3) is 0.412. The zero-order valence-corrected chi connectivity index (χ0v) is 14.7. The largest absolute Gasteiger partial charge is 0.335 e. The minimum Gasteiger partial charge on any atom is -0.335 e. The number of nitrogens with zero attached hydrogens (tertiary/aromatic N) is 3. The third kappa shape index (κ3) is 3.86. The van der Waals surface area contributed by atoms with Crippen LogP contribution in [-0.4, -0.2) is 46.9 Å². The zero-order valence-electron chi connectivity index (χ0n) is 13.9. The van der Waals surface area contributed by atoms with Gasteiger partial charge in [0, 0.05) is 55.8 Å². The van der Waals surface area contributed by atoms with E-state index in [9.17, 15) is 13.6 Å². The zero-order chi connectivity index (χ0) is 18.0. The van der Waals surface area contributed by atoms with Gasteiger partial charge < -0.3 is 10.6 Å². The molecule has 1 saturated heterocycles. The first-order chi connectivity index (χ1) is 12.0. The summed E-state index contributed by atoms with van der Waals surface area (Å²) in [5, 5.41) is 2.47. The normalized spacial score (nSPS) is 16.9. The molecule has 1 aliphatic heterocycles. The van der Waals surface area contributed by atoms with Crippen molar-refractivity contribution < 1.29 is 13.6 Å². The maximum Gasteiger partial charge on any atom is 0.273 e. The van der Waals surface area contributed by atoms with Gasteiger partial charge in [0.15, 0.2) is 0 Å². The van der Waals surface area contributed by atoms with E-state index in [1.54, 1.807) is 10.3 Å². The summed E-state index contributed by atoms with van der Waals surface area (Å²) in [6.07, 6.45) is 0. The van der Waals surface area contributed by atoms with Gasteiger partial charge in [0.25, 0.3) is 5.91 Å². The molecular formula is C17H20F2N4OS. The van der Waals surface area contributed by atoms with Gasteiger partial charge in [-0.15, -0.1) is 11.3 Å². The van der Waals surface area contributed by atoms with Gasteiger partial charge in [-0.1, -0.05) is 6.07 Å². The lowest BCUT2D eigenvalue weighted by Gasteiger charge is -2.38. The molecule has 2 heterocycles. The van der Waals surface area contributed by atoms with Crippen LogP contribution in [0.15, 0.2) is 23.6 Å². The molecule has 1 unspecified atom stereocenters. The standard InChI is InChI=1S/C17H20F2N4OS/c1-11(13-3-2-12(18)8-14(13)19)22-4-6-23(7-5-22)17(24)15-10-25-16(9-20)21-15/h2-3,8,10-11H,4-7,9,20H2,1H3. The van der Waals surface area contributed by atoms with Crippen molar-refractivity contribution in [1.82, 2.24) is 14.8 Å². The van der Waals surface area contributed by atoms with Crippen molar-refractivity contribution in [3.63, 3.8) is 0 Å². The van der Waals surface area contributed by atoms with Crippen molar-refractivity contribution in [1.29, 1.82) is 0 Å². The highest BCUT2D eigenvalue weighted by molar-refractivity contribution is 7.09. The molecule has 0 aliphatic carbocycles. The summed E-state index contributed by atoms with van der Waals surface area (Å²) >= 11 is 1.38. The van der Waals surface area contributed by atoms with Crippen LogP contribution in [0, 0.1) is 11.6 Å². The second-order valence-corrected chi connectivity index (χ2v) is 6.94. The lowest BCUT2D eigenvalue weighted by molar-refractivity contribution is 0.0574. The number of carbonyl (C=O) groups is 1. The van der Waals surface area contributed by atoms with Crippen molar-refractivity contribution in [3.05, 3.63) is 51.5 Å². The van der Waals surface area contributed by atoms with E-state index in [1.807, 2.05) is 6.92 Å². The Kier molecular flexibility index (Phi) is 5.41. The molecule has 1 aromatic heterocycles. The molecule has 0 spiro atoms. The first-order valence-corrected chi connectivity index (χ1v) is 9.00. The van der Waals surface area contributed by atoms with Crippen molar-refractivity contribution in [2.75, 3.05) is 26.2 Å². The van der Waals surface area contributed by atoms with E-state index < -0.39 is 11.6 Å². The average molecular weight is 366 g/mol. The summed E-state index contributed by atoms with van der Waals surface area (Å²) in [5.41, 5.74) is 6.43. The van der Waals surface area contributed by atoms with Crippen molar-refractivity contribution >= 4 is 17.2 Å². The van der Waals surface area contributed by atoms with Crippen molar-refractivity contribution in [3.8, 4) is 0 Å². The average Bonchev–Trinajstić information content (AvgIpc) is 3.10. The Hall–Kier alpha value is -1.90. The van der Waals surface area contributed by atoms with E-state index in [2.05, 4.69) is 9.88 Å². The van der Waals surface area contributed by atoms with Gasteiger partial charge in [0.05, 0.1) is 0 Å². The SMILES string of the molecule is CC(c1ccc(F)cc1F)N1CCN(C(=O)c2csc(CN)n2)CC1. The second kappa shape index (κ2) is 7.55. The predicted octanol–water partition coefficient (Wildman–Crippen LogP) is 2.40. The Balaban J connectivity index is 1.62. The van der Waals surface area contributed by atoms with Crippen molar-refractivity contribution in [2.45, 2.75) is 19.5 Å². The van der Waals surface area contributed by atoms with Gasteiger partial charge in [-0.3, -0.25) is 9.69 Å².